The summed E-state index contributed by atoms with van der Waals surface area (Å²) in [4.78, 5) is 1.30. The van der Waals surface area contributed by atoms with Crippen LogP contribution in [0.1, 0.15) is 43.9 Å². The van der Waals surface area contributed by atoms with E-state index in [4.69, 9.17) is 5.73 Å². The van der Waals surface area contributed by atoms with Gasteiger partial charge in [-0.15, -0.1) is 11.3 Å². The predicted molar refractivity (Wildman–Crippen MR) is 73.9 cm³/mol. The maximum atomic E-state index is 9.96. The third kappa shape index (κ3) is 4.17. The first kappa shape index (κ1) is 14.2. The maximum Gasteiger partial charge on any atom is 0.0701 e. The molecular formula is C12H20BrNOS. The van der Waals surface area contributed by atoms with Gasteiger partial charge in [0.05, 0.1) is 9.89 Å². The van der Waals surface area contributed by atoms with Crippen LogP contribution in [0, 0.1) is 0 Å². The highest BCUT2D eigenvalue weighted by Crippen LogP contribution is 2.31. The molecule has 1 heterocycles. The summed E-state index contributed by atoms with van der Waals surface area (Å²) in [7, 11) is 0. The number of thiophene rings is 1. The Morgan fingerprint density at radius 2 is 2.19 bits per heavy atom. The Hall–Kier alpha value is 0.1000. The molecule has 0 fully saturated rings. The van der Waals surface area contributed by atoms with Gasteiger partial charge in [-0.25, -0.2) is 0 Å². The maximum absolute atomic E-state index is 9.96. The number of halogens is 1. The third-order valence-electron chi connectivity index (χ3n) is 2.79. The van der Waals surface area contributed by atoms with Crippen molar-refractivity contribution in [2.24, 2.45) is 5.73 Å². The van der Waals surface area contributed by atoms with Crippen LogP contribution in [0.25, 0.3) is 0 Å². The molecule has 0 saturated heterocycles. The molecule has 3 atom stereocenters. The van der Waals surface area contributed by atoms with Gasteiger partial charge >= 0.3 is 0 Å². The van der Waals surface area contributed by atoms with Crippen molar-refractivity contribution in [3.05, 3.63) is 20.8 Å². The van der Waals surface area contributed by atoms with Crippen LogP contribution in [0.2, 0.25) is 0 Å². The monoisotopic (exact) mass is 305 g/mol. The summed E-state index contributed by atoms with van der Waals surface area (Å²) in [5.41, 5.74) is 5.90. The zero-order chi connectivity index (χ0) is 12.1. The Bertz CT molecular complexity index is 316. The number of hydrogen-bond donors (Lipinski definition) is 2. The number of aliphatic hydroxyl groups excluding tert-OH is 1. The van der Waals surface area contributed by atoms with Crippen LogP contribution in [0.15, 0.2) is 15.9 Å². The molecule has 3 N–H and O–H groups in total. The van der Waals surface area contributed by atoms with E-state index >= 15 is 0 Å². The molecule has 3 unspecified atom stereocenters. The van der Waals surface area contributed by atoms with E-state index < -0.39 is 6.10 Å². The normalized spacial score (nSPS) is 17.1. The van der Waals surface area contributed by atoms with Gasteiger partial charge < -0.3 is 10.8 Å². The van der Waals surface area contributed by atoms with Gasteiger partial charge in [-0.1, -0.05) is 20.3 Å². The topological polar surface area (TPSA) is 46.2 Å². The van der Waals surface area contributed by atoms with Gasteiger partial charge in [0.25, 0.3) is 0 Å². The number of nitrogens with two attached hydrogens (primary N) is 1. The standard InChI is InChI=1S/C12H20BrNOS/c1-3-4-9(14)10(15)7-8(2)11-5-6-12(13)16-11/h5-6,8-10,15H,3-4,7,14H2,1-2H3. The summed E-state index contributed by atoms with van der Waals surface area (Å²) in [6.45, 7) is 4.23. The Morgan fingerprint density at radius 1 is 1.50 bits per heavy atom. The number of aliphatic hydroxyl groups is 1. The van der Waals surface area contributed by atoms with Crippen molar-refractivity contribution in [3.63, 3.8) is 0 Å². The molecule has 0 bridgehead atoms. The van der Waals surface area contributed by atoms with Crippen LogP contribution in [0.5, 0.6) is 0 Å². The lowest BCUT2D eigenvalue weighted by Gasteiger charge is -2.21. The fourth-order valence-electron chi connectivity index (χ4n) is 1.77. The molecule has 1 aromatic heterocycles. The first-order valence-corrected chi connectivity index (χ1v) is 7.34. The summed E-state index contributed by atoms with van der Waals surface area (Å²) in [5, 5.41) is 9.96. The van der Waals surface area contributed by atoms with Gasteiger partial charge in [0, 0.05) is 10.9 Å². The molecule has 0 aliphatic rings. The Balaban J connectivity index is 2.47. The van der Waals surface area contributed by atoms with Crippen molar-refractivity contribution < 1.29 is 5.11 Å². The molecule has 0 saturated carbocycles. The lowest BCUT2D eigenvalue weighted by atomic mass is 9.96. The second-order valence-corrected chi connectivity index (χ2v) is 6.79. The molecule has 0 radical (unpaired) electrons. The van der Waals surface area contributed by atoms with Gasteiger partial charge in [-0.3, -0.25) is 0 Å². The average molecular weight is 306 g/mol. The lowest BCUT2D eigenvalue weighted by Crippen LogP contribution is -2.35. The second-order valence-electron chi connectivity index (χ2n) is 4.30. The fourth-order valence-corrected chi connectivity index (χ4v) is 3.26. The van der Waals surface area contributed by atoms with Crippen molar-refractivity contribution in [1.29, 1.82) is 0 Å². The zero-order valence-electron chi connectivity index (χ0n) is 9.82. The van der Waals surface area contributed by atoms with E-state index in [1.54, 1.807) is 11.3 Å². The molecule has 0 spiro atoms. The molecule has 92 valence electrons. The molecule has 16 heavy (non-hydrogen) atoms. The Morgan fingerprint density at radius 3 is 2.69 bits per heavy atom. The summed E-state index contributed by atoms with van der Waals surface area (Å²) in [6, 6.07) is 4.07. The average Bonchev–Trinajstić information content (AvgIpc) is 2.65. The predicted octanol–water partition coefficient (Wildman–Crippen LogP) is 3.49. The van der Waals surface area contributed by atoms with Gasteiger partial charge in [-0.2, -0.15) is 0 Å². The second kappa shape index (κ2) is 6.74. The third-order valence-corrected chi connectivity index (χ3v) is 4.65. The van der Waals surface area contributed by atoms with E-state index in [2.05, 4.69) is 41.9 Å². The van der Waals surface area contributed by atoms with Gasteiger partial charge in [0.15, 0.2) is 0 Å². The first-order valence-electron chi connectivity index (χ1n) is 5.73. The van der Waals surface area contributed by atoms with E-state index in [1.807, 2.05) is 0 Å². The molecule has 2 nitrogen and oxygen atoms in total. The van der Waals surface area contributed by atoms with Crippen LogP contribution in [-0.4, -0.2) is 17.3 Å². The van der Waals surface area contributed by atoms with Gasteiger partial charge in [0.1, 0.15) is 0 Å². The van der Waals surface area contributed by atoms with Crippen LogP contribution in [-0.2, 0) is 0 Å². The van der Waals surface area contributed by atoms with E-state index in [1.165, 1.54) is 4.88 Å². The fraction of sp³-hybridized carbons (Fsp3) is 0.667. The van der Waals surface area contributed by atoms with Crippen LogP contribution in [0.4, 0.5) is 0 Å². The van der Waals surface area contributed by atoms with E-state index in [0.29, 0.717) is 5.92 Å². The molecule has 0 aromatic carbocycles. The van der Waals surface area contributed by atoms with Crippen molar-refractivity contribution in [2.75, 3.05) is 0 Å². The largest absolute Gasteiger partial charge is 0.391 e. The molecule has 4 heteroatoms. The number of rotatable bonds is 6. The minimum atomic E-state index is -0.393. The van der Waals surface area contributed by atoms with Gasteiger partial charge in [0.2, 0.25) is 0 Å². The van der Waals surface area contributed by atoms with Crippen molar-refractivity contribution in [3.8, 4) is 0 Å². The SMILES string of the molecule is CCCC(N)C(O)CC(C)c1ccc(Br)s1. The zero-order valence-corrected chi connectivity index (χ0v) is 12.2. The molecular weight excluding hydrogens is 286 g/mol. The van der Waals surface area contributed by atoms with Gasteiger partial charge in [-0.05, 0) is 46.8 Å². The summed E-state index contributed by atoms with van der Waals surface area (Å²) >= 11 is 5.18. The molecule has 0 aliphatic heterocycles. The quantitative estimate of drug-likeness (QED) is 0.845. The molecule has 0 amide bonds. The molecule has 1 aromatic rings. The van der Waals surface area contributed by atoms with Crippen molar-refractivity contribution in [2.45, 2.75) is 51.2 Å². The Labute approximate surface area is 110 Å². The summed E-state index contributed by atoms with van der Waals surface area (Å²) < 4.78 is 1.14. The minimum Gasteiger partial charge on any atom is -0.391 e. The van der Waals surface area contributed by atoms with E-state index in [-0.39, 0.29) is 6.04 Å². The van der Waals surface area contributed by atoms with Crippen LogP contribution >= 0.6 is 27.3 Å². The van der Waals surface area contributed by atoms with Crippen molar-refractivity contribution >= 4 is 27.3 Å². The van der Waals surface area contributed by atoms with Crippen LogP contribution in [0.3, 0.4) is 0 Å². The number of hydrogen-bond acceptors (Lipinski definition) is 3. The highest BCUT2D eigenvalue weighted by Gasteiger charge is 2.18. The molecule has 0 aliphatic carbocycles. The van der Waals surface area contributed by atoms with Crippen molar-refractivity contribution in [1.82, 2.24) is 0 Å². The van der Waals surface area contributed by atoms with E-state index in [0.717, 1.165) is 23.0 Å². The highest BCUT2D eigenvalue weighted by molar-refractivity contribution is 9.11. The summed E-state index contributed by atoms with van der Waals surface area (Å²) in [5.74, 6) is 0.370. The summed E-state index contributed by atoms with van der Waals surface area (Å²) in [6.07, 6.45) is 2.27. The first-order chi connectivity index (χ1) is 7.54. The smallest absolute Gasteiger partial charge is 0.0701 e. The Kier molecular flexibility index (Phi) is 5.97. The highest BCUT2D eigenvalue weighted by atomic mass is 79.9. The van der Waals surface area contributed by atoms with E-state index in [9.17, 15) is 5.11 Å². The van der Waals surface area contributed by atoms with Crippen LogP contribution < -0.4 is 5.73 Å². The molecule has 1 rings (SSSR count). The lowest BCUT2D eigenvalue weighted by molar-refractivity contribution is 0.124. The minimum absolute atomic E-state index is 0.0872.